The number of carboxylic acids is 1. The average Bonchev–Trinajstić information content (AvgIpc) is 2.53. The Bertz CT molecular complexity index is 531. The fraction of sp³-hybridized carbons (Fsp3) is 0.529. The van der Waals surface area contributed by atoms with Gasteiger partial charge in [0.2, 0.25) is 0 Å². The number of hydrogen-bond donors (Lipinski definition) is 2. The van der Waals surface area contributed by atoms with Crippen LogP contribution in [0.15, 0.2) is 24.3 Å². The highest BCUT2D eigenvalue weighted by Gasteiger charge is 2.30. The first kappa shape index (κ1) is 16.3. The van der Waals surface area contributed by atoms with Gasteiger partial charge in [-0.15, -0.1) is 0 Å². The lowest BCUT2D eigenvalue weighted by Crippen LogP contribution is -2.46. The Balaban J connectivity index is 1.82. The van der Waals surface area contributed by atoms with Crippen LogP contribution >= 0.6 is 0 Å². The smallest absolute Gasteiger partial charge is 0.335 e. The Morgan fingerprint density at radius 1 is 1.23 bits per heavy atom. The van der Waals surface area contributed by atoms with Crippen molar-refractivity contribution in [2.24, 2.45) is 5.41 Å². The zero-order valence-corrected chi connectivity index (χ0v) is 13.3. The second-order valence-corrected chi connectivity index (χ2v) is 6.31. The third kappa shape index (κ3) is 4.00. The van der Waals surface area contributed by atoms with Gasteiger partial charge in [0.05, 0.1) is 5.56 Å². The van der Waals surface area contributed by atoms with E-state index in [4.69, 9.17) is 5.11 Å². The summed E-state index contributed by atoms with van der Waals surface area (Å²) in [6.45, 7) is 6.51. The first-order valence-electron chi connectivity index (χ1n) is 7.78. The Labute approximate surface area is 131 Å². The van der Waals surface area contributed by atoms with E-state index in [2.05, 4.69) is 19.2 Å². The molecule has 0 unspecified atom stereocenters. The number of benzene rings is 1. The zero-order valence-electron chi connectivity index (χ0n) is 13.3. The van der Waals surface area contributed by atoms with Gasteiger partial charge >= 0.3 is 12.0 Å². The van der Waals surface area contributed by atoms with Crippen LogP contribution in [0.1, 0.15) is 49.0 Å². The van der Waals surface area contributed by atoms with Gasteiger partial charge in [0.1, 0.15) is 0 Å². The van der Waals surface area contributed by atoms with Crippen LogP contribution < -0.4 is 5.32 Å². The van der Waals surface area contributed by atoms with Gasteiger partial charge in [-0.1, -0.05) is 32.4 Å². The molecule has 0 aliphatic carbocycles. The van der Waals surface area contributed by atoms with Gasteiger partial charge in [0.15, 0.2) is 0 Å². The SMILES string of the molecule is CCC1(C)CCN(C(=O)NCc2ccc(C(=O)O)cc2)CC1. The van der Waals surface area contributed by atoms with E-state index >= 15 is 0 Å². The van der Waals surface area contributed by atoms with Crippen molar-refractivity contribution in [2.75, 3.05) is 13.1 Å². The van der Waals surface area contributed by atoms with Crippen molar-refractivity contribution in [3.63, 3.8) is 0 Å². The second kappa shape index (κ2) is 6.81. The molecular weight excluding hydrogens is 280 g/mol. The molecule has 0 saturated carbocycles. The Hall–Kier alpha value is -2.04. The molecule has 1 aliphatic rings. The summed E-state index contributed by atoms with van der Waals surface area (Å²) < 4.78 is 0. The highest BCUT2D eigenvalue weighted by Crippen LogP contribution is 2.33. The van der Waals surface area contributed by atoms with E-state index in [0.717, 1.165) is 37.9 Å². The summed E-state index contributed by atoms with van der Waals surface area (Å²) in [6, 6.07) is 6.53. The van der Waals surface area contributed by atoms with Gasteiger partial charge in [-0.3, -0.25) is 0 Å². The summed E-state index contributed by atoms with van der Waals surface area (Å²) in [6.07, 6.45) is 3.24. The normalized spacial score (nSPS) is 17.1. The van der Waals surface area contributed by atoms with Crippen molar-refractivity contribution in [3.05, 3.63) is 35.4 Å². The molecule has 0 atom stereocenters. The maximum atomic E-state index is 12.2. The minimum absolute atomic E-state index is 0.0412. The number of likely N-dealkylation sites (tertiary alicyclic amines) is 1. The lowest BCUT2D eigenvalue weighted by Gasteiger charge is -2.38. The number of carbonyl (C=O) groups excluding carboxylic acids is 1. The molecule has 5 heteroatoms. The molecule has 0 aromatic heterocycles. The largest absolute Gasteiger partial charge is 0.478 e. The molecule has 0 bridgehead atoms. The monoisotopic (exact) mass is 304 g/mol. The molecule has 1 aliphatic heterocycles. The second-order valence-electron chi connectivity index (χ2n) is 6.31. The van der Waals surface area contributed by atoms with Crippen molar-refractivity contribution in [1.29, 1.82) is 0 Å². The van der Waals surface area contributed by atoms with Gasteiger partial charge < -0.3 is 15.3 Å². The van der Waals surface area contributed by atoms with Crippen LogP contribution in [-0.4, -0.2) is 35.1 Å². The molecule has 1 heterocycles. The summed E-state index contributed by atoms with van der Waals surface area (Å²) in [7, 11) is 0. The quantitative estimate of drug-likeness (QED) is 0.898. The lowest BCUT2D eigenvalue weighted by molar-refractivity contribution is 0.0696. The van der Waals surface area contributed by atoms with Gasteiger partial charge in [0, 0.05) is 19.6 Å². The maximum absolute atomic E-state index is 12.2. The number of amides is 2. The van der Waals surface area contributed by atoms with Gasteiger partial charge in [-0.25, -0.2) is 9.59 Å². The number of aromatic carboxylic acids is 1. The number of rotatable bonds is 4. The van der Waals surface area contributed by atoms with E-state index in [9.17, 15) is 9.59 Å². The maximum Gasteiger partial charge on any atom is 0.335 e. The van der Waals surface area contributed by atoms with Crippen molar-refractivity contribution < 1.29 is 14.7 Å². The van der Waals surface area contributed by atoms with E-state index in [1.165, 1.54) is 0 Å². The van der Waals surface area contributed by atoms with E-state index in [1.807, 2.05) is 4.90 Å². The summed E-state index contributed by atoms with van der Waals surface area (Å²) >= 11 is 0. The summed E-state index contributed by atoms with van der Waals surface area (Å²) in [5.74, 6) is -0.942. The zero-order chi connectivity index (χ0) is 16.2. The van der Waals surface area contributed by atoms with E-state index in [-0.39, 0.29) is 11.6 Å². The van der Waals surface area contributed by atoms with Crippen LogP contribution in [0.2, 0.25) is 0 Å². The first-order chi connectivity index (χ1) is 10.4. The number of nitrogens with zero attached hydrogens (tertiary/aromatic N) is 1. The Kier molecular flexibility index (Phi) is 5.06. The van der Waals surface area contributed by atoms with Crippen molar-refractivity contribution >= 4 is 12.0 Å². The number of piperidine rings is 1. The minimum Gasteiger partial charge on any atom is -0.478 e. The molecule has 5 nitrogen and oxygen atoms in total. The number of carboxylic acid groups (broad SMARTS) is 1. The molecule has 0 radical (unpaired) electrons. The molecular formula is C17H24N2O3. The highest BCUT2D eigenvalue weighted by atomic mass is 16.4. The Morgan fingerprint density at radius 3 is 2.32 bits per heavy atom. The van der Waals surface area contributed by atoms with Crippen molar-refractivity contribution in [1.82, 2.24) is 10.2 Å². The topological polar surface area (TPSA) is 69.6 Å². The summed E-state index contributed by atoms with van der Waals surface area (Å²) in [5, 5.41) is 11.8. The predicted octanol–water partition coefficient (Wildman–Crippen LogP) is 3.11. The number of carbonyl (C=O) groups is 2. The fourth-order valence-electron chi connectivity index (χ4n) is 2.66. The van der Waals surface area contributed by atoms with Crippen LogP contribution in [0.3, 0.4) is 0 Å². The van der Waals surface area contributed by atoms with Crippen molar-refractivity contribution in [2.45, 2.75) is 39.7 Å². The predicted molar refractivity (Wildman–Crippen MR) is 84.8 cm³/mol. The van der Waals surface area contributed by atoms with Crippen LogP contribution in [0.5, 0.6) is 0 Å². The minimum atomic E-state index is -0.942. The average molecular weight is 304 g/mol. The molecule has 0 spiro atoms. The van der Waals surface area contributed by atoms with E-state index < -0.39 is 5.97 Å². The molecule has 2 amide bonds. The third-order valence-corrected chi connectivity index (χ3v) is 4.76. The highest BCUT2D eigenvalue weighted by molar-refractivity contribution is 5.87. The van der Waals surface area contributed by atoms with E-state index in [0.29, 0.717) is 12.0 Å². The Morgan fingerprint density at radius 2 is 1.82 bits per heavy atom. The summed E-state index contributed by atoms with van der Waals surface area (Å²) in [5.41, 5.74) is 1.52. The lowest BCUT2D eigenvalue weighted by atomic mass is 9.78. The number of nitrogens with one attached hydrogen (secondary N) is 1. The molecule has 1 aromatic rings. The summed E-state index contributed by atoms with van der Waals surface area (Å²) in [4.78, 5) is 24.8. The third-order valence-electron chi connectivity index (χ3n) is 4.76. The fourth-order valence-corrected chi connectivity index (χ4v) is 2.66. The molecule has 120 valence electrons. The number of urea groups is 1. The van der Waals surface area contributed by atoms with Crippen LogP contribution in [0, 0.1) is 5.41 Å². The van der Waals surface area contributed by atoms with Gasteiger partial charge in [0.25, 0.3) is 0 Å². The van der Waals surface area contributed by atoms with Gasteiger partial charge in [-0.05, 0) is 36.0 Å². The van der Waals surface area contributed by atoms with Crippen molar-refractivity contribution in [3.8, 4) is 0 Å². The number of hydrogen-bond acceptors (Lipinski definition) is 2. The molecule has 1 saturated heterocycles. The van der Waals surface area contributed by atoms with Crippen LogP contribution in [0.4, 0.5) is 4.79 Å². The molecule has 22 heavy (non-hydrogen) atoms. The van der Waals surface area contributed by atoms with E-state index in [1.54, 1.807) is 24.3 Å². The van der Waals surface area contributed by atoms with Crippen LogP contribution in [0.25, 0.3) is 0 Å². The van der Waals surface area contributed by atoms with Gasteiger partial charge in [-0.2, -0.15) is 0 Å². The first-order valence-corrected chi connectivity index (χ1v) is 7.78. The molecule has 2 N–H and O–H groups in total. The molecule has 1 fully saturated rings. The standard InChI is InChI=1S/C17H24N2O3/c1-3-17(2)8-10-19(11-9-17)16(22)18-12-13-4-6-14(7-5-13)15(20)21/h4-7H,3,8-12H2,1-2H3,(H,18,22)(H,20,21). The van der Waals surface area contributed by atoms with Crippen LogP contribution in [-0.2, 0) is 6.54 Å². The molecule has 2 rings (SSSR count). The molecule has 1 aromatic carbocycles.